The topological polar surface area (TPSA) is 88.5 Å². The number of carbonyl (C=O) groups excluding carboxylic acids is 1. The Morgan fingerprint density at radius 1 is 1.43 bits per heavy atom. The average Bonchev–Trinajstić information content (AvgIpc) is 2.96. The Hall–Kier alpha value is -2.25. The van der Waals surface area contributed by atoms with Gasteiger partial charge >= 0.3 is 0 Å². The maximum absolute atomic E-state index is 11.3. The summed E-state index contributed by atoms with van der Waals surface area (Å²) in [6, 6.07) is 7.55. The summed E-state index contributed by atoms with van der Waals surface area (Å²) in [5.41, 5.74) is 6.97. The van der Waals surface area contributed by atoms with Crippen molar-refractivity contribution < 1.29 is 9.32 Å². The molecule has 2 aromatic rings. The first-order chi connectivity index (χ1) is 11.0. The second-order valence-corrected chi connectivity index (χ2v) is 5.98. The van der Waals surface area contributed by atoms with Crippen LogP contribution >= 0.6 is 0 Å². The van der Waals surface area contributed by atoms with Gasteiger partial charge in [-0.15, -0.1) is 0 Å². The van der Waals surface area contributed by atoms with Gasteiger partial charge in [0.1, 0.15) is 6.04 Å². The van der Waals surface area contributed by atoms with Crippen LogP contribution in [-0.2, 0) is 6.54 Å². The number of benzene rings is 1. The molecule has 0 aliphatic carbocycles. The third kappa shape index (κ3) is 3.57. The van der Waals surface area contributed by atoms with Crippen LogP contribution in [0.1, 0.15) is 33.7 Å². The van der Waals surface area contributed by atoms with Crippen molar-refractivity contribution in [3.8, 4) is 0 Å². The Labute approximate surface area is 135 Å². The van der Waals surface area contributed by atoms with Crippen LogP contribution < -0.4 is 5.73 Å². The van der Waals surface area contributed by atoms with Gasteiger partial charge in [0.05, 0.1) is 0 Å². The van der Waals surface area contributed by atoms with Gasteiger partial charge in [0.2, 0.25) is 11.8 Å². The van der Waals surface area contributed by atoms with Crippen molar-refractivity contribution in [1.29, 1.82) is 0 Å². The molecule has 1 aromatic heterocycles. The fourth-order valence-corrected chi connectivity index (χ4v) is 2.87. The third-order valence-corrected chi connectivity index (χ3v) is 4.18. The van der Waals surface area contributed by atoms with Crippen molar-refractivity contribution in [3.05, 3.63) is 47.1 Å². The Bertz CT molecular complexity index is 699. The van der Waals surface area contributed by atoms with Gasteiger partial charge in [0.25, 0.3) is 0 Å². The minimum atomic E-state index is -0.399. The van der Waals surface area contributed by atoms with E-state index < -0.39 is 5.91 Å². The van der Waals surface area contributed by atoms with Gasteiger partial charge in [0, 0.05) is 31.7 Å². The van der Waals surface area contributed by atoms with Gasteiger partial charge in [0.15, 0.2) is 5.82 Å². The maximum Gasteiger partial charge on any atom is 0.248 e. The molecule has 1 saturated heterocycles. The van der Waals surface area contributed by atoms with Crippen molar-refractivity contribution in [1.82, 2.24) is 19.9 Å². The summed E-state index contributed by atoms with van der Waals surface area (Å²) in [4.78, 5) is 20.2. The molecular weight excluding hydrogens is 294 g/mol. The molecule has 122 valence electrons. The monoisotopic (exact) mass is 315 g/mol. The minimum Gasteiger partial charge on any atom is -0.366 e. The van der Waals surface area contributed by atoms with Crippen LogP contribution in [0.15, 0.2) is 28.8 Å². The maximum atomic E-state index is 11.3. The van der Waals surface area contributed by atoms with Gasteiger partial charge in [-0.25, -0.2) is 0 Å². The number of aromatic nitrogens is 2. The first-order valence-corrected chi connectivity index (χ1v) is 7.64. The van der Waals surface area contributed by atoms with Crippen LogP contribution in [0.5, 0.6) is 0 Å². The molecule has 0 unspecified atom stereocenters. The summed E-state index contributed by atoms with van der Waals surface area (Å²) >= 11 is 0. The van der Waals surface area contributed by atoms with E-state index in [0.29, 0.717) is 17.3 Å². The van der Waals surface area contributed by atoms with Gasteiger partial charge in [-0.05, 0) is 31.7 Å². The third-order valence-electron chi connectivity index (χ3n) is 4.18. The number of carbonyl (C=O) groups is 1. The largest absolute Gasteiger partial charge is 0.366 e. The molecule has 7 nitrogen and oxygen atoms in total. The zero-order chi connectivity index (χ0) is 16.4. The number of piperazine rings is 1. The lowest BCUT2D eigenvalue weighted by molar-refractivity contribution is 0.0714. The van der Waals surface area contributed by atoms with E-state index in [-0.39, 0.29) is 6.04 Å². The predicted molar refractivity (Wildman–Crippen MR) is 84.6 cm³/mol. The van der Waals surface area contributed by atoms with Crippen LogP contribution in [0.2, 0.25) is 0 Å². The molecule has 0 radical (unpaired) electrons. The summed E-state index contributed by atoms with van der Waals surface area (Å²) in [6.45, 7) is 5.25. The highest BCUT2D eigenvalue weighted by Gasteiger charge is 2.29. The Kier molecular flexibility index (Phi) is 4.40. The molecule has 0 spiro atoms. The number of aryl methyl sites for hydroxylation is 1. The number of hydrogen-bond acceptors (Lipinski definition) is 6. The zero-order valence-corrected chi connectivity index (χ0v) is 13.4. The van der Waals surface area contributed by atoms with E-state index in [1.54, 1.807) is 6.07 Å². The molecule has 1 aliphatic heterocycles. The number of amides is 1. The molecule has 2 heterocycles. The second kappa shape index (κ2) is 6.47. The molecule has 0 saturated carbocycles. The van der Waals surface area contributed by atoms with Gasteiger partial charge in [-0.1, -0.05) is 17.3 Å². The molecule has 1 atom stereocenters. The highest BCUT2D eigenvalue weighted by molar-refractivity contribution is 5.92. The lowest BCUT2D eigenvalue weighted by Gasteiger charge is -2.37. The van der Waals surface area contributed by atoms with E-state index >= 15 is 0 Å². The standard InChI is InChI=1S/C16H21N5O2/c1-11-18-16(23-19-11)14-10-21(7-6-20(14)2)9-12-4-3-5-13(8-12)15(17)22/h3-5,8,14H,6-7,9-10H2,1-2H3,(H2,17,22)/t14-/m0/s1. The van der Waals surface area contributed by atoms with Crippen LogP contribution in [0, 0.1) is 6.92 Å². The van der Waals surface area contributed by atoms with Crippen molar-refractivity contribution >= 4 is 5.91 Å². The molecule has 1 amide bonds. The number of rotatable bonds is 4. The number of nitrogens with zero attached hydrogens (tertiary/aromatic N) is 4. The van der Waals surface area contributed by atoms with Crippen molar-refractivity contribution in [2.24, 2.45) is 5.73 Å². The van der Waals surface area contributed by atoms with Crippen LogP contribution in [0.25, 0.3) is 0 Å². The first kappa shape index (κ1) is 15.6. The highest BCUT2D eigenvalue weighted by Crippen LogP contribution is 2.23. The summed E-state index contributed by atoms with van der Waals surface area (Å²) in [7, 11) is 2.06. The van der Waals surface area contributed by atoms with E-state index in [9.17, 15) is 4.79 Å². The highest BCUT2D eigenvalue weighted by atomic mass is 16.5. The molecule has 1 aliphatic rings. The second-order valence-electron chi connectivity index (χ2n) is 5.98. The molecule has 1 aromatic carbocycles. The van der Waals surface area contributed by atoms with E-state index in [2.05, 4.69) is 27.0 Å². The van der Waals surface area contributed by atoms with Gasteiger partial charge < -0.3 is 10.3 Å². The number of likely N-dealkylation sites (N-methyl/N-ethyl adjacent to an activating group) is 1. The summed E-state index contributed by atoms with van der Waals surface area (Å²) in [6.07, 6.45) is 0. The number of nitrogens with two attached hydrogens (primary N) is 1. The Balaban J connectivity index is 1.71. The van der Waals surface area contributed by atoms with Crippen LogP contribution in [-0.4, -0.2) is 52.5 Å². The quantitative estimate of drug-likeness (QED) is 0.904. The minimum absolute atomic E-state index is 0.0873. The van der Waals surface area contributed by atoms with Crippen LogP contribution in [0.3, 0.4) is 0 Å². The molecule has 1 fully saturated rings. The summed E-state index contributed by atoms with van der Waals surface area (Å²) < 4.78 is 5.33. The van der Waals surface area contributed by atoms with Crippen molar-refractivity contribution in [2.75, 3.05) is 26.7 Å². The predicted octanol–water partition coefficient (Wildman–Crippen LogP) is 0.966. The Morgan fingerprint density at radius 2 is 2.26 bits per heavy atom. The molecular formula is C16H21N5O2. The first-order valence-electron chi connectivity index (χ1n) is 7.64. The summed E-state index contributed by atoms with van der Waals surface area (Å²) in [5.74, 6) is 0.907. The normalized spacial score (nSPS) is 19.8. The van der Waals surface area contributed by atoms with E-state index in [4.69, 9.17) is 10.3 Å². The lowest BCUT2D eigenvalue weighted by atomic mass is 10.1. The van der Waals surface area contributed by atoms with Gasteiger partial charge in [-0.2, -0.15) is 4.98 Å². The van der Waals surface area contributed by atoms with E-state index in [1.165, 1.54) is 0 Å². The molecule has 7 heteroatoms. The van der Waals surface area contributed by atoms with Crippen molar-refractivity contribution in [2.45, 2.75) is 19.5 Å². The SMILES string of the molecule is Cc1noc([C@@H]2CN(Cc3cccc(C(N)=O)c3)CCN2C)n1. The van der Waals surface area contributed by atoms with E-state index in [0.717, 1.165) is 31.7 Å². The molecule has 3 rings (SSSR count). The van der Waals surface area contributed by atoms with Crippen LogP contribution in [0.4, 0.5) is 0 Å². The Morgan fingerprint density at radius 3 is 2.96 bits per heavy atom. The average molecular weight is 315 g/mol. The summed E-state index contributed by atoms with van der Waals surface area (Å²) in [5, 5.41) is 3.88. The van der Waals surface area contributed by atoms with Crippen molar-refractivity contribution in [3.63, 3.8) is 0 Å². The fourth-order valence-electron chi connectivity index (χ4n) is 2.87. The molecule has 2 N–H and O–H groups in total. The number of primary amides is 1. The van der Waals surface area contributed by atoms with E-state index in [1.807, 2.05) is 25.1 Å². The fraction of sp³-hybridized carbons (Fsp3) is 0.438. The number of hydrogen-bond donors (Lipinski definition) is 1. The molecule has 0 bridgehead atoms. The smallest absolute Gasteiger partial charge is 0.248 e. The lowest BCUT2D eigenvalue weighted by Crippen LogP contribution is -2.46. The zero-order valence-electron chi connectivity index (χ0n) is 13.4. The molecule has 23 heavy (non-hydrogen) atoms. The van der Waals surface area contributed by atoms with Gasteiger partial charge in [-0.3, -0.25) is 14.6 Å².